The van der Waals surface area contributed by atoms with Crippen LogP contribution in [0.1, 0.15) is 335 Å². The fourth-order valence-electron chi connectivity index (χ4n) is 9.51. The molecule has 0 fully saturated rings. The highest BCUT2D eigenvalue weighted by Crippen LogP contribution is 2.17. The van der Waals surface area contributed by atoms with Crippen molar-refractivity contribution in [2.24, 2.45) is 0 Å². The number of nitrogens with one attached hydrogen (secondary N) is 1. The molecule has 0 bridgehead atoms. The average Bonchev–Trinajstić information content (AvgIpc) is 3.34. The van der Waals surface area contributed by atoms with Crippen molar-refractivity contribution < 1.29 is 24.5 Å². The van der Waals surface area contributed by atoms with Gasteiger partial charge in [0.2, 0.25) is 5.91 Å². The molecule has 6 heteroatoms. The largest absolute Gasteiger partial charge is 0.466 e. The van der Waals surface area contributed by atoms with Crippen molar-refractivity contribution in [2.75, 3.05) is 13.2 Å². The van der Waals surface area contributed by atoms with Crippen LogP contribution in [0.2, 0.25) is 0 Å². The second-order valence-corrected chi connectivity index (χ2v) is 21.0. The smallest absolute Gasteiger partial charge is 0.305 e. The maximum absolute atomic E-state index is 12.5. The minimum Gasteiger partial charge on any atom is -0.466 e. The van der Waals surface area contributed by atoms with Gasteiger partial charge < -0.3 is 20.3 Å². The van der Waals surface area contributed by atoms with Gasteiger partial charge in [-0.1, -0.05) is 289 Å². The third kappa shape index (κ3) is 53.7. The first kappa shape index (κ1) is 66.3. The number of unbranched alkanes of at least 4 members (excludes halogenated alkanes) is 44. The van der Waals surface area contributed by atoms with Crippen molar-refractivity contribution in [2.45, 2.75) is 347 Å². The van der Waals surface area contributed by atoms with E-state index in [9.17, 15) is 19.8 Å². The van der Waals surface area contributed by atoms with Crippen LogP contribution in [0.3, 0.4) is 0 Å². The Morgan fingerprint density at radius 1 is 0.397 bits per heavy atom. The molecule has 0 aliphatic carbocycles. The van der Waals surface area contributed by atoms with Crippen LogP contribution in [0.25, 0.3) is 0 Å². The number of allylic oxidation sites excluding steroid dienone is 3. The number of hydrogen-bond acceptors (Lipinski definition) is 5. The molecule has 2 atom stereocenters. The predicted molar refractivity (Wildman–Crippen MR) is 296 cm³/mol. The summed E-state index contributed by atoms with van der Waals surface area (Å²) < 4.78 is 5.47. The quantitative estimate of drug-likeness (QED) is 0.0321. The fourth-order valence-corrected chi connectivity index (χ4v) is 9.51. The van der Waals surface area contributed by atoms with Gasteiger partial charge in [0.1, 0.15) is 0 Å². The van der Waals surface area contributed by atoms with Gasteiger partial charge >= 0.3 is 5.97 Å². The van der Waals surface area contributed by atoms with Crippen molar-refractivity contribution in [1.29, 1.82) is 0 Å². The highest BCUT2D eigenvalue weighted by molar-refractivity contribution is 5.76. The summed E-state index contributed by atoms with van der Waals surface area (Å²) in [4.78, 5) is 24.5. The summed E-state index contributed by atoms with van der Waals surface area (Å²) in [5, 5.41) is 23.2. The molecule has 0 aromatic heterocycles. The van der Waals surface area contributed by atoms with E-state index < -0.39 is 12.1 Å². The lowest BCUT2D eigenvalue weighted by Gasteiger charge is -2.20. The monoisotopic (exact) mass is 958 g/mol. The summed E-state index contributed by atoms with van der Waals surface area (Å²) in [7, 11) is 0. The molecule has 0 aliphatic heterocycles. The molecule has 0 aliphatic rings. The summed E-state index contributed by atoms with van der Waals surface area (Å²) in [5.74, 6) is -0.0748. The second kappa shape index (κ2) is 57.9. The topological polar surface area (TPSA) is 95.9 Å². The molecule has 6 nitrogen and oxygen atoms in total. The highest BCUT2D eigenvalue weighted by atomic mass is 16.5. The number of esters is 1. The van der Waals surface area contributed by atoms with Crippen LogP contribution in [-0.2, 0) is 14.3 Å². The van der Waals surface area contributed by atoms with E-state index >= 15 is 0 Å². The first-order chi connectivity index (χ1) is 33.5. The standard InChI is InChI=1S/C62H119NO5/c1-3-5-7-9-11-13-15-17-18-19-20-21-22-24-27-31-34-38-42-46-50-54-60(65)59(58-64)63-61(66)55-51-47-43-39-35-32-28-25-23-26-29-33-37-41-45-49-53-57-68-62(67)56-52-48-44-40-36-30-16-14-12-10-8-6-4-2/h14,16,50,54,59-60,64-65H,3-13,15,17-49,51-53,55-58H2,1-2H3,(H,63,66)/b16-14-,54-50+. The molecule has 68 heavy (non-hydrogen) atoms. The van der Waals surface area contributed by atoms with E-state index in [0.29, 0.717) is 19.4 Å². The number of aliphatic hydroxyl groups is 2. The van der Waals surface area contributed by atoms with Crippen molar-refractivity contribution in [3.05, 3.63) is 24.3 Å². The Labute approximate surface area is 424 Å². The van der Waals surface area contributed by atoms with Crippen LogP contribution >= 0.6 is 0 Å². The van der Waals surface area contributed by atoms with Gasteiger partial charge in [-0.05, 0) is 57.8 Å². The van der Waals surface area contributed by atoms with Gasteiger partial charge in [0.15, 0.2) is 0 Å². The van der Waals surface area contributed by atoms with Gasteiger partial charge in [-0.15, -0.1) is 0 Å². The zero-order valence-corrected chi connectivity index (χ0v) is 45.9. The van der Waals surface area contributed by atoms with Gasteiger partial charge in [0, 0.05) is 12.8 Å². The molecule has 0 spiro atoms. The number of carbonyl (C=O) groups excluding carboxylic acids is 2. The summed E-state index contributed by atoms with van der Waals surface area (Å²) in [6.07, 6.45) is 70.6. The third-order valence-corrected chi connectivity index (χ3v) is 14.2. The van der Waals surface area contributed by atoms with E-state index in [1.165, 1.54) is 263 Å². The second-order valence-electron chi connectivity index (χ2n) is 21.0. The Bertz CT molecular complexity index is 1060. The minimum absolute atomic E-state index is 0.00431. The molecule has 0 saturated heterocycles. The molecule has 2 unspecified atom stereocenters. The molecule has 0 saturated carbocycles. The predicted octanol–water partition coefficient (Wildman–Crippen LogP) is 19.0. The number of rotatable bonds is 57. The zero-order chi connectivity index (χ0) is 49.3. The maximum atomic E-state index is 12.5. The zero-order valence-electron chi connectivity index (χ0n) is 45.9. The Hall–Kier alpha value is -1.66. The van der Waals surface area contributed by atoms with Gasteiger partial charge in [-0.3, -0.25) is 9.59 Å². The van der Waals surface area contributed by atoms with Gasteiger partial charge in [0.05, 0.1) is 25.4 Å². The lowest BCUT2D eigenvalue weighted by atomic mass is 10.0. The molecule has 0 rings (SSSR count). The SMILES string of the molecule is CCCCCC/C=C\CCCCCCCC(=O)OCCCCCCCCCCCCCCCCCCCC(=O)NC(CO)C(O)/C=C/CCCCCCCCCCCCCCCCCCCCC. The fraction of sp³-hybridized carbons (Fsp3) is 0.903. The lowest BCUT2D eigenvalue weighted by Crippen LogP contribution is -2.45. The van der Waals surface area contributed by atoms with Crippen molar-refractivity contribution in [1.82, 2.24) is 5.32 Å². The van der Waals surface area contributed by atoms with Crippen LogP contribution in [-0.4, -0.2) is 47.4 Å². The Kier molecular flexibility index (Phi) is 56.5. The van der Waals surface area contributed by atoms with E-state index in [2.05, 4.69) is 31.3 Å². The molecule has 402 valence electrons. The normalized spacial score (nSPS) is 12.7. The summed E-state index contributed by atoms with van der Waals surface area (Å²) in [6, 6.07) is -0.633. The number of hydrogen-bond donors (Lipinski definition) is 3. The van der Waals surface area contributed by atoms with Gasteiger partial charge in [-0.2, -0.15) is 0 Å². The lowest BCUT2D eigenvalue weighted by molar-refractivity contribution is -0.143. The molecule has 0 aromatic rings. The third-order valence-electron chi connectivity index (χ3n) is 14.2. The Balaban J connectivity index is 3.45. The summed E-state index contributed by atoms with van der Waals surface area (Å²) in [5.41, 5.74) is 0. The molecule has 0 heterocycles. The van der Waals surface area contributed by atoms with E-state index in [-0.39, 0.29) is 18.5 Å². The van der Waals surface area contributed by atoms with E-state index in [0.717, 1.165) is 44.9 Å². The van der Waals surface area contributed by atoms with Crippen LogP contribution in [0, 0.1) is 0 Å². The molecule has 3 N–H and O–H groups in total. The van der Waals surface area contributed by atoms with Crippen LogP contribution in [0.4, 0.5) is 0 Å². The summed E-state index contributed by atoms with van der Waals surface area (Å²) >= 11 is 0. The van der Waals surface area contributed by atoms with Crippen LogP contribution in [0.5, 0.6) is 0 Å². The molecular weight excluding hydrogens is 839 g/mol. The van der Waals surface area contributed by atoms with E-state index in [1.807, 2.05) is 6.08 Å². The van der Waals surface area contributed by atoms with Crippen molar-refractivity contribution in [3.63, 3.8) is 0 Å². The van der Waals surface area contributed by atoms with Gasteiger partial charge in [-0.25, -0.2) is 0 Å². The van der Waals surface area contributed by atoms with Crippen LogP contribution < -0.4 is 5.32 Å². The van der Waals surface area contributed by atoms with Crippen molar-refractivity contribution >= 4 is 11.9 Å². The maximum Gasteiger partial charge on any atom is 0.305 e. The Morgan fingerprint density at radius 3 is 1.06 bits per heavy atom. The average molecular weight is 959 g/mol. The molecule has 1 amide bonds. The Morgan fingerprint density at radius 2 is 0.691 bits per heavy atom. The molecule has 0 aromatic carbocycles. The van der Waals surface area contributed by atoms with E-state index in [4.69, 9.17) is 4.74 Å². The summed E-state index contributed by atoms with van der Waals surface area (Å²) in [6.45, 7) is 4.90. The van der Waals surface area contributed by atoms with Crippen molar-refractivity contribution in [3.8, 4) is 0 Å². The first-order valence-electron chi connectivity index (χ1n) is 30.6. The number of amides is 1. The minimum atomic E-state index is -0.849. The first-order valence-corrected chi connectivity index (χ1v) is 30.6. The van der Waals surface area contributed by atoms with E-state index in [1.54, 1.807) is 6.08 Å². The number of carbonyl (C=O) groups is 2. The van der Waals surface area contributed by atoms with Crippen LogP contribution in [0.15, 0.2) is 24.3 Å². The number of aliphatic hydroxyl groups excluding tert-OH is 2. The molecular formula is C62H119NO5. The van der Waals surface area contributed by atoms with Gasteiger partial charge in [0.25, 0.3) is 0 Å². The highest BCUT2D eigenvalue weighted by Gasteiger charge is 2.18. The molecule has 0 radical (unpaired) electrons. The number of ether oxygens (including phenoxy) is 1.